The lowest BCUT2D eigenvalue weighted by atomic mass is 9.98. The van der Waals surface area contributed by atoms with Gasteiger partial charge in [0, 0.05) is 11.1 Å². The van der Waals surface area contributed by atoms with Crippen LogP contribution in [0.5, 0.6) is 11.5 Å². The molecule has 0 fully saturated rings. The zero-order valence-corrected chi connectivity index (χ0v) is 21.2. The standard InChI is InChI=1S/C28H22ClN3O6/c1-35-19-8-3-16(4-9-19)25-21(14-30)27(38-26(25)17-5-10-20(36-2)11-6-17)32-24(33)15-37-28(34)18-7-12-22(29)23(31)13-18/h3-13H,15,31H2,1-2H3,(H,32,33). The number of rotatable bonds is 8. The average Bonchev–Trinajstić information content (AvgIpc) is 3.31. The molecule has 0 unspecified atom stereocenters. The quantitative estimate of drug-likeness (QED) is 0.223. The molecule has 1 amide bonds. The molecule has 38 heavy (non-hydrogen) atoms. The molecule has 192 valence electrons. The van der Waals surface area contributed by atoms with Gasteiger partial charge >= 0.3 is 5.97 Å². The van der Waals surface area contributed by atoms with Crippen molar-refractivity contribution >= 4 is 35.0 Å². The van der Waals surface area contributed by atoms with Crippen molar-refractivity contribution in [2.75, 3.05) is 31.9 Å². The number of nitriles is 1. The minimum absolute atomic E-state index is 0.0825. The van der Waals surface area contributed by atoms with E-state index in [-0.39, 0.29) is 22.7 Å². The summed E-state index contributed by atoms with van der Waals surface area (Å²) in [7, 11) is 3.11. The summed E-state index contributed by atoms with van der Waals surface area (Å²) in [6.07, 6.45) is 0. The highest BCUT2D eigenvalue weighted by Crippen LogP contribution is 2.42. The summed E-state index contributed by atoms with van der Waals surface area (Å²) in [5.74, 6) is 0.0952. The maximum atomic E-state index is 12.7. The van der Waals surface area contributed by atoms with Crippen LogP contribution < -0.4 is 20.5 Å². The predicted molar refractivity (Wildman–Crippen MR) is 142 cm³/mol. The molecule has 3 N–H and O–H groups in total. The Morgan fingerprint density at radius 2 is 1.58 bits per heavy atom. The summed E-state index contributed by atoms with van der Waals surface area (Å²) in [6.45, 7) is -0.622. The molecule has 0 atom stereocenters. The minimum atomic E-state index is -0.763. The fourth-order valence-electron chi connectivity index (χ4n) is 3.65. The highest BCUT2D eigenvalue weighted by atomic mass is 35.5. The average molecular weight is 532 g/mol. The molecule has 0 aliphatic rings. The fraction of sp³-hybridized carbons (Fsp3) is 0.107. The molecule has 1 heterocycles. The summed E-state index contributed by atoms with van der Waals surface area (Å²) in [5, 5.41) is 12.8. The van der Waals surface area contributed by atoms with Crippen molar-refractivity contribution in [1.82, 2.24) is 0 Å². The van der Waals surface area contributed by atoms with Crippen molar-refractivity contribution < 1.29 is 28.2 Å². The van der Waals surface area contributed by atoms with E-state index in [0.29, 0.717) is 39.0 Å². The maximum Gasteiger partial charge on any atom is 0.338 e. The topological polar surface area (TPSA) is 137 Å². The van der Waals surface area contributed by atoms with Gasteiger partial charge in [0.05, 0.1) is 30.5 Å². The number of amides is 1. The largest absolute Gasteiger partial charge is 0.497 e. The van der Waals surface area contributed by atoms with E-state index in [1.165, 1.54) is 18.2 Å². The Kier molecular flexibility index (Phi) is 7.85. The number of nitrogens with two attached hydrogens (primary N) is 1. The van der Waals surface area contributed by atoms with Gasteiger partial charge in [-0.1, -0.05) is 23.7 Å². The van der Waals surface area contributed by atoms with Crippen molar-refractivity contribution in [2.45, 2.75) is 0 Å². The SMILES string of the molecule is COc1ccc(-c2oc(NC(=O)COC(=O)c3ccc(Cl)c(N)c3)c(C#N)c2-c2ccc(OC)cc2)cc1. The van der Waals surface area contributed by atoms with Gasteiger partial charge in [0.25, 0.3) is 5.91 Å². The van der Waals surface area contributed by atoms with Gasteiger partial charge in [0.1, 0.15) is 28.9 Å². The van der Waals surface area contributed by atoms with Crippen LogP contribution in [0.2, 0.25) is 5.02 Å². The third-order valence-corrected chi connectivity index (χ3v) is 5.91. The molecule has 4 rings (SSSR count). The molecular weight excluding hydrogens is 510 g/mol. The van der Waals surface area contributed by atoms with Crippen LogP contribution in [-0.4, -0.2) is 32.7 Å². The number of ether oxygens (including phenoxy) is 3. The number of esters is 1. The van der Waals surface area contributed by atoms with Crippen LogP contribution in [0.15, 0.2) is 71.1 Å². The second kappa shape index (κ2) is 11.4. The first-order chi connectivity index (χ1) is 18.3. The number of halogens is 1. The lowest BCUT2D eigenvalue weighted by Gasteiger charge is -2.06. The summed E-state index contributed by atoms with van der Waals surface area (Å²) >= 11 is 5.87. The first-order valence-electron chi connectivity index (χ1n) is 11.2. The highest BCUT2D eigenvalue weighted by molar-refractivity contribution is 6.33. The fourth-order valence-corrected chi connectivity index (χ4v) is 3.77. The van der Waals surface area contributed by atoms with E-state index in [1.54, 1.807) is 62.8 Å². The zero-order valence-electron chi connectivity index (χ0n) is 20.4. The van der Waals surface area contributed by atoms with E-state index in [4.69, 9.17) is 36.0 Å². The van der Waals surface area contributed by atoms with Gasteiger partial charge < -0.3 is 24.4 Å². The van der Waals surface area contributed by atoms with Gasteiger partial charge in [0.15, 0.2) is 6.61 Å². The van der Waals surface area contributed by atoms with E-state index in [0.717, 1.165) is 0 Å². The van der Waals surface area contributed by atoms with Crippen molar-refractivity contribution in [2.24, 2.45) is 0 Å². The number of hydrogen-bond acceptors (Lipinski definition) is 8. The summed E-state index contributed by atoms with van der Waals surface area (Å²) < 4.78 is 21.6. The first-order valence-corrected chi connectivity index (χ1v) is 11.6. The molecule has 10 heteroatoms. The van der Waals surface area contributed by atoms with Crippen LogP contribution in [0, 0.1) is 11.3 Å². The van der Waals surface area contributed by atoms with Crippen LogP contribution in [0.1, 0.15) is 15.9 Å². The molecular formula is C28H22ClN3O6. The number of carbonyl (C=O) groups is 2. The smallest absolute Gasteiger partial charge is 0.338 e. The summed E-state index contributed by atoms with van der Waals surface area (Å²) in [4.78, 5) is 25.0. The summed E-state index contributed by atoms with van der Waals surface area (Å²) in [6, 6.07) is 20.5. The molecule has 0 spiro atoms. The van der Waals surface area contributed by atoms with Crippen molar-refractivity contribution in [3.05, 3.63) is 82.9 Å². The van der Waals surface area contributed by atoms with Crippen LogP contribution in [0.25, 0.3) is 22.5 Å². The lowest BCUT2D eigenvalue weighted by Crippen LogP contribution is -2.21. The minimum Gasteiger partial charge on any atom is -0.497 e. The Morgan fingerprint density at radius 3 is 2.13 bits per heavy atom. The Balaban J connectivity index is 1.63. The Morgan fingerprint density at radius 1 is 0.974 bits per heavy atom. The van der Waals surface area contributed by atoms with Gasteiger partial charge in [-0.25, -0.2) is 4.79 Å². The zero-order chi connectivity index (χ0) is 27.2. The third-order valence-electron chi connectivity index (χ3n) is 5.57. The van der Waals surface area contributed by atoms with E-state index < -0.39 is 18.5 Å². The molecule has 9 nitrogen and oxygen atoms in total. The van der Waals surface area contributed by atoms with E-state index >= 15 is 0 Å². The molecule has 0 aliphatic heterocycles. The normalized spacial score (nSPS) is 10.4. The number of hydrogen-bond donors (Lipinski definition) is 2. The predicted octanol–water partition coefficient (Wildman–Crippen LogP) is 5.53. The second-order valence-corrected chi connectivity index (χ2v) is 8.35. The van der Waals surface area contributed by atoms with Crippen LogP contribution in [0.4, 0.5) is 11.6 Å². The van der Waals surface area contributed by atoms with Gasteiger partial charge in [-0.3, -0.25) is 10.1 Å². The number of nitrogens with zero attached hydrogens (tertiary/aromatic N) is 1. The molecule has 1 aromatic heterocycles. The number of nitrogens with one attached hydrogen (secondary N) is 1. The number of benzene rings is 3. The molecule has 0 saturated carbocycles. The number of furan rings is 1. The van der Waals surface area contributed by atoms with Crippen molar-refractivity contribution in [1.29, 1.82) is 5.26 Å². The van der Waals surface area contributed by atoms with Crippen molar-refractivity contribution in [3.8, 4) is 40.0 Å². The monoisotopic (exact) mass is 531 g/mol. The van der Waals surface area contributed by atoms with Gasteiger partial charge in [-0.05, 0) is 60.2 Å². The van der Waals surface area contributed by atoms with Gasteiger partial charge in [-0.15, -0.1) is 0 Å². The van der Waals surface area contributed by atoms with Crippen LogP contribution in [-0.2, 0) is 9.53 Å². The molecule has 0 aliphatic carbocycles. The Labute approximate surface area is 223 Å². The second-order valence-electron chi connectivity index (χ2n) is 7.94. The Bertz CT molecular complexity index is 1520. The van der Waals surface area contributed by atoms with Crippen LogP contribution >= 0.6 is 11.6 Å². The maximum absolute atomic E-state index is 12.7. The molecule has 0 bridgehead atoms. The van der Waals surface area contributed by atoms with Crippen LogP contribution in [0.3, 0.4) is 0 Å². The lowest BCUT2D eigenvalue weighted by molar-refractivity contribution is -0.119. The molecule has 4 aromatic rings. The third kappa shape index (κ3) is 5.56. The highest BCUT2D eigenvalue weighted by Gasteiger charge is 2.25. The van der Waals surface area contributed by atoms with E-state index in [1.807, 2.05) is 0 Å². The number of anilines is 2. The van der Waals surface area contributed by atoms with Gasteiger partial charge in [0.2, 0.25) is 5.88 Å². The number of methoxy groups -OCH3 is 2. The molecule has 0 saturated heterocycles. The van der Waals surface area contributed by atoms with E-state index in [2.05, 4.69) is 11.4 Å². The van der Waals surface area contributed by atoms with E-state index in [9.17, 15) is 14.9 Å². The first kappa shape index (κ1) is 26.1. The molecule has 0 radical (unpaired) electrons. The molecule has 3 aromatic carbocycles. The van der Waals surface area contributed by atoms with Gasteiger partial charge in [-0.2, -0.15) is 5.26 Å². The Hall–Kier alpha value is -4.94. The van der Waals surface area contributed by atoms with Crippen molar-refractivity contribution in [3.63, 3.8) is 0 Å². The summed E-state index contributed by atoms with van der Waals surface area (Å²) in [5.41, 5.74) is 7.96. The number of nitrogen functional groups attached to an aromatic ring is 1. The number of carbonyl (C=O) groups excluding carboxylic acids is 2.